The number of ether oxygens (including phenoxy) is 5. The van der Waals surface area contributed by atoms with Crippen LogP contribution in [-0.4, -0.2) is 52.7 Å². The molecule has 7 nitrogen and oxygen atoms in total. The van der Waals surface area contributed by atoms with E-state index in [0.717, 1.165) is 16.4 Å². The molecule has 0 atom stereocenters. The van der Waals surface area contributed by atoms with Gasteiger partial charge in [-0.2, -0.15) is 0 Å². The predicted octanol–water partition coefficient (Wildman–Crippen LogP) is 7.70. The number of benzene rings is 5. The van der Waals surface area contributed by atoms with Crippen molar-refractivity contribution in [1.82, 2.24) is 4.98 Å². The number of methoxy groups -OCH3 is 4. The first-order chi connectivity index (χ1) is 23.9. The number of hydrogen-bond acceptors (Lipinski definition) is 7. The zero-order valence-corrected chi connectivity index (χ0v) is 29.4. The minimum absolute atomic E-state index is 0.189. The topological polar surface area (TPSA) is 76.1 Å². The van der Waals surface area contributed by atoms with Gasteiger partial charge in [-0.25, -0.2) is 9.78 Å². The molecule has 0 unspecified atom stereocenters. The van der Waals surface area contributed by atoms with E-state index in [2.05, 4.69) is 73.4 Å². The molecule has 0 amide bonds. The Balaban J connectivity index is 1.79. The van der Waals surface area contributed by atoms with Gasteiger partial charge in [-0.3, -0.25) is 0 Å². The molecule has 0 saturated carbocycles. The summed E-state index contributed by atoms with van der Waals surface area (Å²) >= 11 is 0. The highest BCUT2D eigenvalue weighted by Crippen LogP contribution is 2.54. The second-order valence-corrected chi connectivity index (χ2v) is 14.9. The molecule has 49 heavy (non-hydrogen) atoms. The van der Waals surface area contributed by atoms with Crippen molar-refractivity contribution in [2.75, 3.05) is 41.7 Å². The summed E-state index contributed by atoms with van der Waals surface area (Å²) in [6.07, 6.45) is 0. The second kappa shape index (κ2) is 14.4. The Kier molecular flexibility index (Phi) is 9.84. The highest BCUT2D eigenvalue weighted by atomic mass is 31.2. The maximum absolute atomic E-state index is 14.4. The SMILES string of the molecule is CCOC(=O)c1c(-c2ccccc2[P+](C)(c2ccccc2)c2ccccc2)nc2cc(OC)c(OC)cc2c1-c1ccc(OC)c(OC)c1. The van der Waals surface area contributed by atoms with E-state index in [1.165, 1.54) is 10.6 Å². The number of hydrogen-bond donors (Lipinski definition) is 0. The average Bonchev–Trinajstić information content (AvgIpc) is 3.16. The molecule has 6 aromatic rings. The molecule has 6 rings (SSSR count). The number of nitrogens with zero attached hydrogens (tertiary/aromatic N) is 1. The standard InChI is InChI=1S/C41H39NO6P/c1-7-48-41(43)39-38(27-22-23-33(44-2)34(24-27)45-3)31-25-35(46-4)36(47-5)26-32(31)42-40(39)30-20-14-15-21-37(30)49(6,28-16-10-8-11-17-28)29-18-12-9-13-19-29/h8-26H,7H2,1-6H3/q+1. The van der Waals surface area contributed by atoms with Crippen LogP contribution in [0.2, 0.25) is 0 Å². The zero-order valence-electron chi connectivity index (χ0n) is 28.5. The maximum atomic E-state index is 14.4. The van der Waals surface area contributed by atoms with Crippen LogP contribution >= 0.6 is 7.26 Å². The van der Waals surface area contributed by atoms with Crippen LogP contribution < -0.4 is 34.9 Å². The molecular formula is C41H39NO6P+. The van der Waals surface area contributed by atoms with Gasteiger partial charge in [0.25, 0.3) is 0 Å². The van der Waals surface area contributed by atoms with E-state index in [1.807, 2.05) is 48.5 Å². The summed E-state index contributed by atoms with van der Waals surface area (Å²) in [7, 11) is 4.09. The number of fused-ring (bicyclic) bond motifs is 1. The number of rotatable bonds is 11. The Morgan fingerprint density at radius 3 is 1.80 bits per heavy atom. The van der Waals surface area contributed by atoms with Gasteiger partial charge in [0.2, 0.25) is 0 Å². The number of carbonyl (C=O) groups is 1. The normalized spacial score (nSPS) is 11.2. The second-order valence-electron chi connectivity index (χ2n) is 11.4. The van der Waals surface area contributed by atoms with Crippen LogP contribution in [0.15, 0.2) is 115 Å². The molecule has 0 spiro atoms. The minimum atomic E-state index is -2.27. The van der Waals surface area contributed by atoms with Gasteiger partial charge in [0.15, 0.2) is 23.0 Å². The molecule has 0 N–H and O–H groups in total. The predicted molar refractivity (Wildman–Crippen MR) is 199 cm³/mol. The van der Waals surface area contributed by atoms with Crippen molar-refractivity contribution in [3.8, 4) is 45.4 Å². The Hall–Kier alpha value is -5.39. The van der Waals surface area contributed by atoms with Gasteiger partial charge in [0.1, 0.15) is 23.2 Å². The molecule has 0 aliphatic carbocycles. The Morgan fingerprint density at radius 1 is 0.653 bits per heavy atom. The van der Waals surface area contributed by atoms with Gasteiger partial charge in [-0.05, 0) is 67.1 Å². The first-order valence-corrected chi connectivity index (χ1v) is 18.2. The zero-order chi connectivity index (χ0) is 34.5. The lowest BCUT2D eigenvalue weighted by atomic mass is 9.91. The summed E-state index contributed by atoms with van der Waals surface area (Å²) in [5, 5.41) is 4.19. The smallest absolute Gasteiger partial charge is 0.341 e. The van der Waals surface area contributed by atoms with Crippen LogP contribution in [0.3, 0.4) is 0 Å². The van der Waals surface area contributed by atoms with E-state index >= 15 is 0 Å². The molecule has 0 saturated heterocycles. The highest BCUT2D eigenvalue weighted by Gasteiger charge is 2.43. The number of aromatic nitrogens is 1. The van der Waals surface area contributed by atoms with Gasteiger partial charge in [0, 0.05) is 22.6 Å². The fourth-order valence-corrected chi connectivity index (χ4v) is 9.86. The summed E-state index contributed by atoms with van der Waals surface area (Å²) in [5.41, 5.74) is 3.68. The van der Waals surface area contributed by atoms with Gasteiger partial charge >= 0.3 is 5.97 Å². The third-order valence-electron chi connectivity index (χ3n) is 8.83. The van der Waals surface area contributed by atoms with Gasteiger partial charge in [-0.1, -0.05) is 54.6 Å². The lowest BCUT2D eigenvalue weighted by Gasteiger charge is -2.26. The number of carbonyl (C=O) groups excluding carboxylic acids is 1. The molecule has 0 aliphatic rings. The van der Waals surface area contributed by atoms with Crippen molar-refractivity contribution in [2.24, 2.45) is 0 Å². The third-order valence-corrected chi connectivity index (χ3v) is 12.8. The summed E-state index contributed by atoms with van der Waals surface area (Å²) in [5.74, 6) is 1.64. The first kappa shape index (κ1) is 33.5. The van der Waals surface area contributed by atoms with Crippen molar-refractivity contribution in [1.29, 1.82) is 0 Å². The summed E-state index contributed by atoms with van der Waals surface area (Å²) in [4.78, 5) is 19.6. The summed E-state index contributed by atoms with van der Waals surface area (Å²) in [6, 6.07) is 38.7. The van der Waals surface area contributed by atoms with Crippen LogP contribution in [0.1, 0.15) is 17.3 Å². The van der Waals surface area contributed by atoms with Crippen molar-refractivity contribution < 1.29 is 28.5 Å². The monoisotopic (exact) mass is 672 g/mol. The molecule has 1 heterocycles. The molecule has 8 heteroatoms. The van der Waals surface area contributed by atoms with Gasteiger partial charge in [0.05, 0.1) is 58.5 Å². The van der Waals surface area contributed by atoms with Crippen molar-refractivity contribution in [2.45, 2.75) is 6.92 Å². The average molecular weight is 673 g/mol. The fraction of sp³-hybridized carbons (Fsp3) is 0.171. The van der Waals surface area contributed by atoms with E-state index in [0.29, 0.717) is 50.7 Å². The third kappa shape index (κ3) is 6.07. The van der Waals surface area contributed by atoms with Crippen LogP contribution in [-0.2, 0) is 4.74 Å². The molecule has 5 aromatic carbocycles. The Labute approximate surface area is 287 Å². The van der Waals surface area contributed by atoms with Crippen LogP contribution in [0.25, 0.3) is 33.3 Å². The van der Waals surface area contributed by atoms with Crippen LogP contribution in [0.4, 0.5) is 0 Å². The maximum Gasteiger partial charge on any atom is 0.341 e. The number of pyridine rings is 1. The van der Waals surface area contributed by atoms with E-state index in [-0.39, 0.29) is 6.61 Å². The lowest BCUT2D eigenvalue weighted by molar-refractivity contribution is 0.0528. The van der Waals surface area contributed by atoms with E-state index in [9.17, 15) is 4.79 Å². The summed E-state index contributed by atoms with van der Waals surface area (Å²) in [6.45, 7) is 4.32. The molecule has 1 aromatic heterocycles. The molecule has 0 aliphatic heterocycles. The first-order valence-electron chi connectivity index (χ1n) is 16.0. The van der Waals surface area contributed by atoms with Crippen LogP contribution in [0.5, 0.6) is 23.0 Å². The van der Waals surface area contributed by atoms with E-state index in [1.54, 1.807) is 35.4 Å². The van der Waals surface area contributed by atoms with E-state index < -0.39 is 13.2 Å². The minimum Gasteiger partial charge on any atom is -0.493 e. The van der Waals surface area contributed by atoms with Crippen molar-refractivity contribution >= 4 is 40.0 Å². The largest absolute Gasteiger partial charge is 0.493 e. The summed E-state index contributed by atoms with van der Waals surface area (Å²) < 4.78 is 28.6. The van der Waals surface area contributed by atoms with E-state index in [4.69, 9.17) is 28.7 Å². The Bertz CT molecular complexity index is 2080. The molecule has 0 radical (unpaired) electrons. The quantitative estimate of drug-likeness (QED) is 0.103. The molecule has 248 valence electrons. The molecular weight excluding hydrogens is 633 g/mol. The lowest BCUT2D eigenvalue weighted by Crippen LogP contribution is -2.31. The van der Waals surface area contributed by atoms with Gasteiger partial charge < -0.3 is 23.7 Å². The molecule has 0 fully saturated rings. The van der Waals surface area contributed by atoms with Crippen molar-refractivity contribution in [3.63, 3.8) is 0 Å². The van der Waals surface area contributed by atoms with Gasteiger partial charge in [-0.15, -0.1) is 0 Å². The molecule has 0 bridgehead atoms. The van der Waals surface area contributed by atoms with Crippen LogP contribution in [0, 0.1) is 0 Å². The fourth-order valence-electron chi connectivity index (χ4n) is 6.42. The van der Waals surface area contributed by atoms with Crippen molar-refractivity contribution in [3.05, 3.63) is 121 Å². The number of esters is 1. The Morgan fingerprint density at radius 2 is 1.20 bits per heavy atom. The highest BCUT2D eigenvalue weighted by molar-refractivity contribution is 7.95.